The van der Waals surface area contributed by atoms with E-state index in [1.807, 2.05) is 0 Å². The van der Waals surface area contributed by atoms with Crippen molar-refractivity contribution in [3.05, 3.63) is 6.54 Å². The third-order valence-electron chi connectivity index (χ3n) is 2.81. The summed E-state index contributed by atoms with van der Waals surface area (Å²) in [4.78, 5) is 2.55. The molecule has 11 heavy (non-hydrogen) atoms. The number of rotatable bonds is 1. The Morgan fingerprint density at radius 2 is 2.09 bits per heavy atom. The molecule has 1 aliphatic carbocycles. The highest BCUT2D eigenvalue weighted by molar-refractivity contribution is 4.86. The maximum atomic E-state index is 3.34. The lowest BCUT2D eigenvalue weighted by Gasteiger charge is -2.31. The van der Waals surface area contributed by atoms with Crippen LogP contribution in [0.4, 0.5) is 0 Å². The number of nitrogens with one attached hydrogen (secondary N) is 1. The second-order valence-corrected chi connectivity index (χ2v) is 3.56. The monoisotopic (exact) mass is 153 g/mol. The molecule has 0 amide bonds. The first-order valence-corrected chi connectivity index (χ1v) is 4.76. The van der Waals surface area contributed by atoms with Gasteiger partial charge < -0.3 is 5.32 Å². The average molecular weight is 153 g/mol. The quantitative estimate of drug-likeness (QED) is 0.604. The van der Waals surface area contributed by atoms with Gasteiger partial charge in [-0.25, -0.2) is 0 Å². The highest BCUT2D eigenvalue weighted by Gasteiger charge is 2.23. The van der Waals surface area contributed by atoms with Crippen molar-refractivity contribution in [1.82, 2.24) is 10.2 Å². The van der Waals surface area contributed by atoms with Gasteiger partial charge in [0.25, 0.3) is 0 Å². The van der Waals surface area contributed by atoms with Gasteiger partial charge >= 0.3 is 0 Å². The number of hydrogen-bond donors (Lipinski definition) is 1. The molecule has 2 fully saturated rings. The van der Waals surface area contributed by atoms with E-state index in [0.717, 1.165) is 12.6 Å². The lowest BCUT2D eigenvalue weighted by molar-refractivity contribution is 0.219. The Labute approximate surface area is 69.0 Å². The van der Waals surface area contributed by atoms with E-state index in [-0.39, 0.29) is 0 Å². The lowest BCUT2D eigenvalue weighted by atomic mass is 10.2. The van der Waals surface area contributed by atoms with E-state index in [1.54, 1.807) is 0 Å². The zero-order chi connectivity index (χ0) is 7.52. The lowest BCUT2D eigenvalue weighted by Crippen LogP contribution is -2.44. The number of piperazine rings is 1. The minimum Gasteiger partial charge on any atom is -0.314 e. The Balaban J connectivity index is 1.82. The molecule has 1 aliphatic heterocycles. The fraction of sp³-hybridized carbons (Fsp3) is 0.889. The van der Waals surface area contributed by atoms with E-state index in [0.29, 0.717) is 0 Å². The Hall–Kier alpha value is -0.0800. The van der Waals surface area contributed by atoms with Crippen molar-refractivity contribution in [2.75, 3.05) is 19.6 Å². The molecule has 1 heterocycles. The molecule has 2 aliphatic rings. The molecule has 1 saturated carbocycles. The van der Waals surface area contributed by atoms with Crippen LogP contribution in [0.2, 0.25) is 0 Å². The zero-order valence-corrected chi connectivity index (χ0v) is 7.05. The Kier molecular flexibility index (Phi) is 2.44. The van der Waals surface area contributed by atoms with Crippen LogP contribution in [0.5, 0.6) is 0 Å². The van der Waals surface area contributed by atoms with Crippen molar-refractivity contribution in [3.63, 3.8) is 0 Å². The van der Waals surface area contributed by atoms with E-state index in [2.05, 4.69) is 16.8 Å². The van der Waals surface area contributed by atoms with Crippen molar-refractivity contribution in [3.8, 4) is 0 Å². The molecule has 0 atom stereocenters. The summed E-state index contributed by atoms with van der Waals surface area (Å²) < 4.78 is 0. The van der Waals surface area contributed by atoms with Crippen molar-refractivity contribution in [2.45, 2.75) is 31.7 Å². The first-order valence-electron chi connectivity index (χ1n) is 4.76. The van der Waals surface area contributed by atoms with Crippen LogP contribution in [0, 0.1) is 6.54 Å². The predicted molar refractivity (Wildman–Crippen MR) is 46.1 cm³/mol. The summed E-state index contributed by atoms with van der Waals surface area (Å²) in [6, 6.07) is 0.886. The van der Waals surface area contributed by atoms with Crippen LogP contribution in [0.15, 0.2) is 0 Å². The molecule has 2 nitrogen and oxygen atoms in total. The third-order valence-corrected chi connectivity index (χ3v) is 2.81. The summed E-state index contributed by atoms with van der Waals surface area (Å²) >= 11 is 0. The van der Waals surface area contributed by atoms with Crippen LogP contribution in [0.3, 0.4) is 0 Å². The number of nitrogens with zero attached hydrogens (tertiary/aromatic N) is 1. The topological polar surface area (TPSA) is 15.3 Å². The first kappa shape index (κ1) is 7.56. The first-order chi connectivity index (χ1) is 5.47. The summed E-state index contributed by atoms with van der Waals surface area (Å²) in [7, 11) is 0. The second kappa shape index (κ2) is 3.55. The van der Waals surface area contributed by atoms with Gasteiger partial charge in [0.2, 0.25) is 0 Å². The third kappa shape index (κ3) is 1.74. The van der Waals surface area contributed by atoms with E-state index < -0.39 is 0 Å². The molecule has 63 valence electrons. The predicted octanol–water partition coefficient (Wildman–Crippen LogP) is 0.996. The normalized spacial score (nSPS) is 29.5. The van der Waals surface area contributed by atoms with E-state index in [4.69, 9.17) is 0 Å². The van der Waals surface area contributed by atoms with Crippen LogP contribution in [0.1, 0.15) is 25.7 Å². The Bertz CT molecular complexity index is 113. The molecular formula is C9H17N2. The molecule has 2 rings (SSSR count). The largest absolute Gasteiger partial charge is 0.314 e. The van der Waals surface area contributed by atoms with Gasteiger partial charge in [0.15, 0.2) is 0 Å². The van der Waals surface area contributed by atoms with E-state index in [1.165, 1.54) is 38.8 Å². The summed E-state index contributed by atoms with van der Waals surface area (Å²) in [6.07, 6.45) is 5.75. The van der Waals surface area contributed by atoms with Gasteiger partial charge in [-0.15, -0.1) is 0 Å². The minimum absolute atomic E-state index is 0.886. The standard InChI is InChI=1S/C9H17N2/c1-2-4-9(3-1)11-7-5-10-6-8-11/h7,9-10H,1-6,8H2. The van der Waals surface area contributed by atoms with Crippen LogP contribution < -0.4 is 5.32 Å². The highest BCUT2D eigenvalue weighted by atomic mass is 15.2. The molecule has 2 heteroatoms. The SMILES string of the molecule is [CH]1CNCCN1C1CCCC1. The van der Waals surface area contributed by atoms with Crippen molar-refractivity contribution < 1.29 is 0 Å². The molecule has 0 aromatic rings. The maximum Gasteiger partial charge on any atom is 0.0392 e. The summed E-state index contributed by atoms with van der Waals surface area (Å²) in [6.45, 7) is 5.81. The van der Waals surface area contributed by atoms with Gasteiger partial charge in [0.1, 0.15) is 0 Å². The molecule has 1 N–H and O–H groups in total. The van der Waals surface area contributed by atoms with Gasteiger partial charge in [0, 0.05) is 32.2 Å². The Morgan fingerprint density at radius 3 is 2.73 bits per heavy atom. The average Bonchev–Trinajstić information content (AvgIpc) is 2.58. The molecule has 0 bridgehead atoms. The molecule has 0 spiro atoms. The van der Waals surface area contributed by atoms with Gasteiger partial charge in [-0.05, 0) is 12.8 Å². The van der Waals surface area contributed by atoms with Crippen LogP contribution in [0.25, 0.3) is 0 Å². The van der Waals surface area contributed by atoms with Crippen LogP contribution in [-0.2, 0) is 0 Å². The molecule has 0 aromatic carbocycles. The van der Waals surface area contributed by atoms with Crippen molar-refractivity contribution in [1.29, 1.82) is 0 Å². The number of hydrogen-bond acceptors (Lipinski definition) is 2. The van der Waals surface area contributed by atoms with Crippen LogP contribution >= 0.6 is 0 Å². The molecular weight excluding hydrogens is 136 g/mol. The van der Waals surface area contributed by atoms with Gasteiger partial charge in [-0.1, -0.05) is 12.8 Å². The zero-order valence-electron chi connectivity index (χ0n) is 7.05. The smallest absolute Gasteiger partial charge is 0.0392 e. The summed E-state index contributed by atoms with van der Waals surface area (Å²) in [5, 5.41) is 3.34. The fourth-order valence-electron chi connectivity index (χ4n) is 2.15. The molecule has 1 radical (unpaired) electrons. The second-order valence-electron chi connectivity index (χ2n) is 3.56. The molecule has 0 aromatic heterocycles. The Morgan fingerprint density at radius 1 is 1.27 bits per heavy atom. The van der Waals surface area contributed by atoms with Crippen molar-refractivity contribution in [2.24, 2.45) is 0 Å². The summed E-state index contributed by atoms with van der Waals surface area (Å²) in [5.41, 5.74) is 0. The van der Waals surface area contributed by atoms with E-state index >= 15 is 0 Å². The van der Waals surface area contributed by atoms with Crippen molar-refractivity contribution >= 4 is 0 Å². The molecule has 0 unspecified atom stereocenters. The van der Waals surface area contributed by atoms with Gasteiger partial charge in [-0.3, -0.25) is 4.90 Å². The van der Waals surface area contributed by atoms with E-state index in [9.17, 15) is 0 Å². The maximum absolute atomic E-state index is 3.34. The summed E-state index contributed by atoms with van der Waals surface area (Å²) in [5.74, 6) is 0. The van der Waals surface area contributed by atoms with Crippen LogP contribution in [-0.4, -0.2) is 30.6 Å². The van der Waals surface area contributed by atoms with Gasteiger partial charge in [-0.2, -0.15) is 0 Å². The minimum atomic E-state index is 0.886. The highest BCUT2D eigenvalue weighted by Crippen LogP contribution is 2.24. The molecule has 1 saturated heterocycles. The fourth-order valence-corrected chi connectivity index (χ4v) is 2.15. The van der Waals surface area contributed by atoms with Gasteiger partial charge in [0.05, 0.1) is 0 Å².